The zero-order chi connectivity index (χ0) is 20.2. The Labute approximate surface area is 172 Å². The molecule has 0 fully saturated rings. The van der Waals surface area contributed by atoms with Crippen LogP contribution in [0.25, 0.3) is 0 Å². The molecule has 2 N–H and O–H groups in total. The van der Waals surface area contributed by atoms with Crippen LogP contribution in [0.5, 0.6) is 5.75 Å². The fraction of sp³-hybridized carbons (Fsp3) is 0.524. The number of aryl methyl sites for hydroxylation is 1. The molecule has 2 aromatic rings. The lowest BCUT2D eigenvalue weighted by molar-refractivity contribution is 0.145. The molecule has 154 valence electrons. The first kappa shape index (κ1) is 22.2. The van der Waals surface area contributed by atoms with Gasteiger partial charge in [-0.3, -0.25) is 0 Å². The number of guanidine groups is 1. The summed E-state index contributed by atoms with van der Waals surface area (Å²) in [5, 5.41) is 10.1. The molecule has 7 heteroatoms. The van der Waals surface area contributed by atoms with Crippen LogP contribution in [0.2, 0.25) is 0 Å². The quantitative estimate of drug-likeness (QED) is 0.339. The molecular formula is C21H32N4O2S. The van der Waals surface area contributed by atoms with Gasteiger partial charge >= 0.3 is 0 Å². The van der Waals surface area contributed by atoms with Gasteiger partial charge in [0, 0.05) is 43.3 Å². The molecular weight excluding hydrogens is 372 g/mol. The Morgan fingerprint density at radius 3 is 2.68 bits per heavy atom. The Bertz CT molecular complexity index is 715. The van der Waals surface area contributed by atoms with Gasteiger partial charge in [0.1, 0.15) is 5.75 Å². The SMILES string of the molecule is CCOCCCNC(=NCc1ccc(OC)cc1)NCC(C)c1nc(C)cs1. The number of aliphatic imine (C=N–C) groups is 1. The van der Waals surface area contributed by atoms with Crippen molar-refractivity contribution in [1.29, 1.82) is 0 Å². The Hall–Kier alpha value is -2.12. The summed E-state index contributed by atoms with van der Waals surface area (Å²) in [5.41, 5.74) is 2.22. The van der Waals surface area contributed by atoms with Gasteiger partial charge in [0.25, 0.3) is 0 Å². The molecule has 1 aromatic carbocycles. The van der Waals surface area contributed by atoms with Gasteiger partial charge in [-0.2, -0.15) is 0 Å². The smallest absolute Gasteiger partial charge is 0.191 e. The molecule has 28 heavy (non-hydrogen) atoms. The van der Waals surface area contributed by atoms with Crippen molar-refractivity contribution in [3.8, 4) is 5.75 Å². The highest BCUT2D eigenvalue weighted by atomic mass is 32.1. The number of aromatic nitrogens is 1. The molecule has 0 amide bonds. The summed E-state index contributed by atoms with van der Waals surface area (Å²) >= 11 is 1.71. The van der Waals surface area contributed by atoms with Gasteiger partial charge in [-0.15, -0.1) is 11.3 Å². The van der Waals surface area contributed by atoms with E-state index in [0.29, 0.717) is 12.5 Å². The maximum atomic E-state index is 5.41. The molecule has 0 aliphatic heterocycles. The summed E-state index contributed by atoms with van der Waals surface area (Å²) in [4.78, 5) is 9.32. The molecule has 0 saturated heterocycles. The number of nitrogens with one attached hydrogen (secondary N) is 2. The minimum absolute atomic E-state index is 0.329. The third kappa shape index (κ3) is 7.86. The van der Waals surface area contributed by atoms with Crippen LogP contribution in [0.3, 0.4) is 0 Å². The van der Waals surface area contributed by atoms with Gasteiger partial charge in [0.15, 0.2) is 5.96 Å². The second-order valence-corrected chi connectivity index (χ2v) is 7.49. The average Bonchev–Trinajstić information content (AvgIpc) is 3.16. The van der Waals surface area contributed by atoms with Crippen LogP contribution in [0.4, 0.5) is 0 Å². The minimum atomic E-state index is 0.329. The fourth-order valence-corrected chi connectivity index (χ4v) is 3.39. The van der Waals surface area contributed by atoms with E-state index < -0.39 is 0 Å². The number of ether oxygens (including phenoxy) is 2. The zero-order valence-electron chi connectivity index (χ0n) is 17.3. The molecule has 1 unspecified atom stereocenters. The van der Waals surface area contributed by atoms with Crippen molar-refractivity contribution in [2.75, 3.05) is 33.4 Å². The van der Waals surface area contributed by atoms with E-state index in [4.69, 9.17) is 14.5 Å². The lowest BCUT2D eigenvalue weighted by Gasteiger charge is -2.15. The predicted octanol–water partition coefficient (Wildman–Crippen LogP) is 3.73. The first-order valence-electron chi connectivity index (χ1n) is 9.77. The third-order valence-corrected chi connectivity index (χ3v) is 5.37. The summed E-state index contributed by atoms with van der Waals surface area (Å²) < 4.78 is 10.6. The Balaban J connectivity index is 1.92. The summed E-state index contributed by atoms with van der Waals surface area (Å²) in [6.45, 7) is 9.94. The Morgan fingerprint density at radius 1 is 1.25 bits per heavy atom. The molecule has 1 atom stereocenters. The van der Waals surface area contributed by atoms with Crippen LogP contribution in [0.1, 0.15) is 42.5 Å². The van der Waals surface area contributed by atoms with E-state index in [1.165, 1.54) is 0 Å². The van der Waals surface area contributed by atoms with Gasteiger partial charge in [0.2, 0.25) is 0 Å². The third-order valence-electron chi connectivity index (χ3n) is 4.17. The summed E-state index contributed by atoms with van der Waals surface area (Å²) in [6, 6.07) is 7.99. The largest absolute Gasteiger partial charge is 0.497 e. The molecule has 1 heterocycles. The van der Waals surface area contributed by atoms with Crippen molar-refractivity contribution < 1.29 is 9.47 Å². The van der Waals surface area contributed by atoms with Gasteiger partial charge < -0.3 is 20.1 Å². The molecule has 0 spiro atoms. The van der Waals surface area contributed by atoms with Crippen LogP contribution in [-0.2, 0) is 11.3 Å². The predicted molar refractivity (Wildman–Crippen MR) is 117 cm³/mol. The fourth-order valence-electron chi connectivity index (χ4n) is 2.54. The van der Waals surface area contributed by atoms with E-state index in [2.05, 4.69) is 27.9 Å². The molecule has 0 aliphatic carbocycles. The monoisotopic (exact) mass is 404 g/mol. The van der Waals surface area contributed by atoms with Crippen LogP contribution in [0.15, 0.2) is 34.6 Å². The number of hydrogen-bond acceptors (Lipinski definition) is 5. The normalized spacial score (nSPS) is 12.6. The van der Waals surface area contributed by atoms with Gasteiger partial charge in [0.05, 0.1) is 18.7 Å². The van der Waals surface area contributed by atoms with Crippen molar-refractivity contribution in [2.45, 2.75) is 39.7 Å². The molecule has 0 bridgehead atoms. The topological polar surface area (TPSA) is 67.8 Å². The Kier molecular flexibility index (Phi) is 9.79. The maximum absolute atomic E-state index is 5.41. The van der Waals surface area contributed by atoms with Gasteiger partial charge in [-0.1, -0.05) is 19.1 Å². The molecule has 1 aromatic heterocycles. The lowest BCUT2D eigenvalue weighted by Crippen LogP contribution is -2.39. The van der Waals surface area contributed by atoms with Crippen LogP contribution in [-0.4, -0.2) is 44.4 Å². The van der Waals surface area contributed by atoms with Crippen LogP contribution >= 0.6 is 11.3 Å². The number of nitrogens with zero attached hydrogens (tertiary/aromatic N) is 2. The number of hydrogen-bond donors (Lipinski definition) is 2. The van der Waals surface area contributed by atoms with E-state index in [0.717, 1.165) is 60.7 Å². The van der Waals surface area contributed by atoms with E-state index in [1.807, 2.05) is 38.1 Å². The highest BCUT2D eigenvalue weighted by Gasteiger charge is 2.10. The van der Waals surface area contributed by atoms with Crippen molar-refractivity contribution in [3.63, 3.8) is 0 Å². The zero-order valence-corrected chi connectivity index (χ0v) is 18.1. The number of rotatable bonds is 11. The van der Waals surface area contributed by atoms with Crippen molar-refractivity contribution in [3.05, 3.63) is 45.9 Å². The number of methoxy groups -OCH3 is 1. The number of thiazole rings is 1. The van der Waals surface area contributed by atoms with E-state index in [9.17, 15) is 0 Å². The molecule has 0 radical (unpaired) electrons. The molecule has 0 saturated carbocycles. The second-order valence-electron chi connectivity index (χ2n) is 6.60. The summed E-state index contributed by atoms with van der Waals surface area (Å²) in [7, 11) is 1.67. The first-order chi connectivity index (χ1) is 13.6. The second kappa shape index (κ2) is 12.4. The van der Waals surface area contributed by atoms with E-state index in [1.54, 1.807) is 18.4 Å². The lowest BCUT2D eigenvalue weighted by atomic mass is 10.2. The average molecular weight is 405 g/mol. The summed E-state index contributed by atoms with van der Waals surface area (Å²) in [6.07, 6.45) is 0.943. The summed E-state index contributed by atoms with van der Waals surface area (Å²) in [5.74, 6) is 2.00. The van der Waals surface area contributed by atoms with Crippen molar-refractivity contribution in [2.24, 2.45) is 4.99 Å². The minimum Gasteiger partial charge on any atom is -0.497 e. The highest BCUT2D eigenvalue weighted by Crippen LogP contribution is 2.18. The molecule has 6 nitrogen and oxygen atoms in total. The standard InChI is InChI=1S/C21H32N4O2S/c1-5-27-12-6-11-22-21(23-13-16(2)20-25-17(3)15-28-20)24-14-18-7-9-19(26-4)10-8-18/h7-10,15-16H,5-6,11-14H2,1-4H3,(H2,22,23,24). The first-order valence-corrected chi connectivity index (χ1v) is 10.6. The van der Waals surface area contributed by atoms with Gasteiger partial charge in [-0.05, 0) is 38.0 Å². The molecule has 0 aliphatic rings. The van der Waals surface area contributed by atoms with E-state index in [-0.39, 0.29) is 0 Å². The maximum Gasteiger partial charge on any atom is 0.191 e. The number of benzene rings is 1. The van der Waals surface area contributed by atoms with Crippen molar-refractivity contribution >= 4 is 17.3 Å². The highest BCUT2D eigenvalue weighted by molar-refractivity contribution is 7.09. The van der Waals surface area contributed by atoms with Crippen LogP contribution < -0.4 is 15.4 Å². The van der Waals surface area contributed by atoms with Crippen LogP contribution in [0, 0.1) is 6.92 Å². The molecule has 2 rings (SSSR count). The van der Waals surface area contributed by atoms with Gasteiger partial charge in [-0.25, -0.2) is 9.98 Å². The van der Waals surface area contributed by atoms with Crippen molar-refractivity contribution in [1.82, 2.24) is 15.6 Å². The van der Waals surface area contributed by atoms with E-state index >= 15 is 0 Å². The Morgan fingerprint density at radius 2 is 2.04 bits per heavy atom.